The number of nitrogens with one attached hydrogen (secondary N) is 1. The van der Waals surface area contributed by atoms with Gasteiger partial charge in [-0.15, -0.1) is 0 Å². The minimum absolute atomic E-state index is 0.129. The third-order valence-corrected chi connectivity index (χ3v) is 6.06. The zero-order chi connectivity index (χ0) is 22.5. The van der Waals surface area contributed by atoms with Gasteiger partial charge in [-0.3, -0.25) is 19.1 Å². The normalized spacial score (nSPS) is 18.8. The second-order valence-corrected chi connectivity index (χ2v) is 8.48. The minimum Gasteiger partial charge on any atom is -0.342 e. The van der Waals surface area contributed by atoms with E-state index in [0.29, 0.717) is 12.3 Å². The Hall–Kier alpha value is -3.17. The molecule has 0 spiro atoms. The van der Waals surface area contributed by atoms with Crippen LogP contribution in [0.1, 0.15) is 71.6 Å². The van der Waals surface area contributed by atoms with Crippen LogP contribution in [0.25, 0.3) is 11.3 Å². The molecule has 1 N–H and O–H groups in total. The molecule has 1 aliphatic heterocycles. The van der Waals surface area contributed by atoms with E-state index in [9.17, 15) is 18.0 Å². The fraction of sp³-hybridized carbons (Fsp3) is 0.455. The smallest absolute Gasteiger partial charge is 0.342 e. The van der Waals surface area contributed by atoms with Crippen molar-refractivity contribution in [2.45, 2.75) is 56.8 Å². The Morgan fingerprint density at radius 3 is 2.66 bits per heavy atom. The summed E-state index contributed by atoms with van der Waals surface area (Å²) < 4.78 is 41.8. The summed E-state index contributed by atoms with van der Waals surface area (Å²) >= 11 is 0. The van der Waals surface area contributed by atoms with Gasteiger partial charge in [0.15, 0.2) is 5.69 Å². The molecule has 10 heteroatoms. The Kier molecular flexibility index (Phi) is 5.02. The standard InChI is InChI=1S/C22H23F3N6O/c1-30-19(12-20(29-30)22(23,24)25)21(32)27-15-4-2-3-9-31-18(15)11-17(28-31)14-7-8-26-16(10-14)13-5-6-13/h7-8,10-13,15H,2-6,9H2,1H3,(H,27,32)/t15-/m1/s1. The molecule has 3 aromatic heterocycles. The highest BCUT2D eigenvalue weighted by molar-refractivity contribution is 5.93. The minimum atomic E-state index is -4.60. The number of aromatic nitrogens is 5. The van der Waals surface area contributed by atoms with Crippen LogP contribution in [0.3, 0.4) is 0 Å². The first-order valence-corrected chi connectivity index (χ1v) is 10.8. The van der Waals surface area contributed by atoms with Crippen molar-refractivity contribution in [3.05, 3.63) is 53.2 Å². The molecule has 168 valence electrons. The second kappa shape index (κ2) is 7.75. The van der Waals surface area contributed by atoms with E-state index in [4.69, 9.17) is 5.10 Å². The highest BCUT2D eigenvalue weighted by atomic mass is 19.4. The van der Waals surface area contributed by atoms with E-state index in [1.807, 2.05) is 16.8 Å². The van der Waals surface area contributed by atoms with Crippen LogP contribution in [0.15, 0.2) is 30.5 Å². The SMILES string of the molecule is Cn1nc(C(F)(F)F)cc1C(=O)N[C@@H]1CCCCn2nc(-c3ccnc(C4CC4)c3)cc21. The lowest BCUT2D eigenvalue weighted by molar-refractivity contribution is -0.141. The molecule has 0 bridgehead atoms. The second-order valence-electron chi connectivity index (χ2n) is 8.48. The molecule has 0 saturated heterocycles. The Bertz CT molecular complexity index is 1160. The highest BCUT2D eigenvalue weighted by Gasteiger charge is 2.36. The molecule has 3 aromatic rings. The molecule has 32 heavy (non-hydrogen) atoms. The van der Waals surface area contributed by atoms with E-state index in [2.05, 4.69) is 21.5 Å². The van der Waals surface area contributed by atoms with Crippen molar-refractivity contribution in [3.8, 4) is 11.3 Å². The lowest BCUT2D eigenvalue weighted by Crippen LogP contribution is -2.30. The van der Waals surface area contributed by atoms with E-state index in [-0.39, 0.29) is 11.7 Å². The Labute approximate surface area is 182 Å². The van der Waals surface area contributed by atoms with Gasteiger partial charge in [0, 0.05) is 43.0 Å². The van der Waals surface area contributed by atoms with Crippen molar-refractivity contribution < 1.29 is 18.0 Å². The molecular formula is C22H23F3N6O. The van der Waals surface area contributed by atoms with Gasteiger partial charge >= 0.3 is 6.18 Å². The molecule has 7 nitrogen and oxygen atoms in total. The number of alkyl halides is 3. The summed E-state index contributed by atoms with van der Waals surface area (Å²) in [6.07, 6.45) is 1.99. The van der Waals surface area contributed by atoms with Crippen molar-refractivity contribution in [2.75, 3.05) is 0 Å². The molecule has 1 fully saturated rings. The first-order valence-electron chi connectivity index (χ1n) is 10.8. The van der Waals surface area contributed by atoms with E-state index < -0.39 is 17.8 Å². The van der Waals surface area contributed by atoms with Gasteiger partial charge < -0.3 is 5.32 Å². The van der Waals surface area contributed by atoms with Crippen LogP contribution in [-0.4, -0.2) is 30.5 Å². The van der Waals surface area contributed by atoms with Crippen molar-refractivity contribution in [3.63, 3.8) is 0 Å². The summed E-state index contributed by atoms with van der Waals surface area (Å²) in [5.41, 5.74) is 2.51. The molecule has 0 radical (unpaired) electrons. The summed E-state index contributed by atoms with van der Waals surface area (Å²) in [5.74, 6) is -0.0560. The molecule has 1 atom stereocenters. The lowest BCUT2D eigenvalue weighted by Gasteiger charge is -2.17. The summed E-state index contributed by atoms with van der Waals surface area (Å²) in [6.45, 7) is 0.728. The van der Waals surface area contributed by atoms with Crippen molar-refractivity contribution >= 4 is 5.91 Å². The van der Waals surface area contributed by atoms with Crippen molar-refractivity contribution in [1.82, 2.24) is 29.9 Å². The van der Waals surface area contributed by atoms with Gasteiger partial charge in [0.25, 0.3) is 5.91 Å². The number of halogens is 3. The Morgan fingerprint density at radius 2 is 1.94 bits per heavy atom. The number of carbonyl (C=O) groups is 1. The summed E-state index contributed by atoms with van der Waals surface area (Å²) in [5, 5.41) is 11.1. The highest BCUT2D eigenvalue weighted by Crippen LogP contribution is 2.40. The number of fused-ring (bicyclic) bond motifs is 1. The van der Waals surface area contributed by atoms with Gasteiger partial charge in [-0.2, -0.15) is 23.4 Å². The number of aryl methyl sites for hydroxylation is 2. The van der Waals surface area contributed by atoms with Crippen molar-refractivity contribution in [1.29, 1.82) is 0 Å². The van der Waals surface area contributed by atoms with Crippen LogP contribution >= 0.6 is 0 Å². The van der Waals surface area contributed by atoms with E-state index in [1.54, 1.807) is 6.20 Å². The summed E-state index contributed by atoms with van der Waals surface area (Å²) in [6, 6.07) is 6.40. The number of hydrogen-bond donors (Lipinski definition) is 1. The number of hydrogen-bond acceptors (Lipinski definition) is 4. The summed E-state index contributed by atoms with van der Waals surface area (Å²) in [4.78, 5) is 17.3. The average molecular weight is 444 g/mol. The first kappa shape index (κ1) is 20.7. The Balaban J connectivity index is 1.41. The fourth-order valence-electron chi connectivity index (χ4n) is 4.20. The zero-order valence-electron chi connectivity index (χ0n) is 17.6. The third kappa shape index (κ3) is 4.01. The van der Waals surface area contributed by atoms with Crippen LogP contribution in [0, 0.1) is 0 Å². The topological polar surface area (TPSA) is 77.6 Å². The average Bonchev–Trinajstić information content (AvgIpc) is 3.44. The maximum atomic E-state index is 13.0. The van der Waals surface area contributed by atoms with Gasteiger partial charge in [-0.1, -0.05) is 0 Å². The molecule has 0 aromatic carbocycles. The monoisotopic (exact) mass is 444 g/mol. The molecule has 5 rings (SSSR count). The quantitative estimate of drug-likeness (QED) is 0.653. The molecule has 4 heterocycles. The zero-order valence-corrected chi connectivity index (χ0v) is 17.6. The van der Waals surface area contributed by atoms with E-state index in [1.165, 1.54) is 7.05 Å². The maximum absolute atomic E-state index is 13.0. The van der Waals surface area contributed by atoms with Crippen LogP contribution in [0.2, 0.25) is 0 Å². The number of carbonyl (C=O) groups excluding carboxylic acids is 1. The van der Waals surface area contributed by atoms with Crippen LogP contribution in [0.5, 0.6) is 0 Å². The predicted molar refractivity (Wildman–Crippen MR) is 110 cm³/mol. The van der Waals surface area contributed by atoms with Crippen molar-refractivity contribution in [2.24, 2.45) is 7.05 Å². The van der Waals surface area contributed by atoms with Gasteiger partial charge in [-0.05, 0) is 50.3 Å². The molecule has 2 aliphatic rings. The van der Waals surface area contributed by atoms with Gasteiger partial charge in [0.05, 0.1) is 17.4 Å². The maximum Gasteiger partial charge on any atom is 0.435 e. The molecule has 1 aliphatic carbocycles. The van der Waals surface area contributed by atoms with E-state index >= 15 is 0 Å². The fourth-order valence-corrected chi connectivity index (χ4v) is 4.20. The number of amides is 1. The van der Waals surface area contributed by atoms with Gasteiger partial charge in [-0.25, -0.2) is 0 Å². The van der Waals surface area contributed by atoms with Crippen LogP contribution in [-0.2, 0) is 19.8 Å². The summed E-state index contributed by atoms with van der Waals surface area (Å²) in [7, 11) is 1.33. The first-order chi connectivity index (χ1) is 15.3. The molecular weight excluding hydrogens is 421 g/mol. The van der Waals surface area contributed by atoms with Crippen LogP contribution < -0.4 is 5.32 Å². The molecule has 1 saturated carbocycles. The third-order valence-electron chi connectivity index (χ3n) is 6.06. The number of nitrogens with zero attached hydrogens (tertiary/aromatic N) is 5. The number of pyridine rings is 1. The van der Waals surface area contributed by atoms with E-state index in [0.717, 1.165) is 65.6 Å². The largest absolute Gasteiger partial charge is 0.435 e. The molecule has 0 unspecified atom stereocenters. The van der Waals surface area contributed by atoms with Gasteiger partial charge in [0.1, 0.15) is 5.69 Å². The van der Waals surface area contributed by atoms with Crippen LogP contribution in [0.4, 0.5) is 13.2 Å². The lowest BCUT2D eigenvalue weighted by atomic mass is 10.1. The Morgan fingerprint density at radius 1 is 1.12 bits per heavy atom. The number of rotatable bonds is 4. The van der Waals surface area contributed by atoms with Gasteiger partial charge in [0.2, 0.25) is 0 Å². The predicted octanol–water partition coefficient (Wildman–Crippen LogP) is 4.23. The molecule has 1 amide bonds.